The van der Waals surface area contributed by atoms with E-state index in [4.69, 9.17) is 5.40 Å². The second-order valence-electron chi connectivity index (χ2n) is 1.14. The smallest absolute Gasteiger partial charge is 0.0728 e. The monoisotopic (exact) mass is 105 g/mol. The molecule has 0 amide bonds. The van der Waals surface area contributed by atoms with Crippen molar-refractivity contribution < 1.29 is 0 Å². The number of hydrogen-bond acceptors (Lipinski definition) is 1. The van der Waals surface area contributed by atoms with E-state index in [-0.39, 0.29) is 9.20 Å². The van der Waals surface area contributed by atoms with E-state index in [0.29, 0.717) is 9.04 Å². The van der Waals surface area contributed by atoms with Crippen LogP contribution < -0.4 is 5.40 Å². The SMILES string of the molecule is CC[SiH2][SiH2]N. The third-order valence-electron chi connectivity index (χ3n) is 0.558. The molecule has 0 aliphatic rings. The molecule has 0 aromatic rings. The Kier molecular flexibility index (Phi) is 4.74. The first-order valence-electron chi connectivity index (χ1n) is 2.12. The van der Waals surface area contributed by atoms with E-state index in [2.05, 4.69) is 6.92 Å². The molecular formula is C2H11NSi2. The largest absolute Gasteiger partial charge is 0.358 e. The molecule has 0 rings (SSSR count). The van der Waals surface area contributed by atoms with Crippen LogP contribution in [0.1, 0.15) is 6.92 Å². The minimum atomic E-state index is 0.0529. The van der Waals surface area contributed by atoms with Crippen LogP contribution in [0.4, 0.5) is 0 Å². The quantitative estimate of drug-likeness (QED) is 0.427. The summed E-state index contributed by atoms with van der Waals surface area (Å²) in [6.45, 7) is 2.23. The fraction of sp³-hybridized carbons (Fsp3) is 1.00. The summed E-state index contributed by atoms with van der Waals surface area (Å²) in [6, 6.07) is 1.42. The van der Waals surface area contributed by atoms with Crippen molar-refractivity contribution in [3.8, 4) is 0 Å². The third-order valence-corrected chi connectivity index (χ3v) is 5.02. The Balaban J connectivity index is 2.19. The van der Waals surface area contributed by atoms with Crippen molar-refractivity contribution in [3.05, 3.63) is 0 Å². The molecule has 32 valence electrons. The zero-order valence-corrected chi connectivity index (χ0v) is 6.53. The van der Waals surface area contributed by atoms with Crippen LogP contribution >= 0.6 is 0 Å². The summed E-state index contributed by atoms with van der Waals surface area (Å²) in [7, 11) is 0.402. The maximum Gasteiger partial charge on any atom is 0.0728 e. The second kappa shape index (κ2) is 4.39. The van der Waals surface area contributed by atoms with Gasteiger partial charge in [0.05, 0.1) is 9.20 Å². The normalized spacial score (nSPS) is 13.2. The predicted octanol–water partition coefficient (Wildman–Crippen LogP) is -1.45. The molecule has 0 fully saturated rings. The summed E-state index contributed by atoms with van der Waals surface area (Å²) < 4.78 is 0. The molecule has 0 saturated carbocycles. The van der Waals surface area contributed by atoms with Gasteiger partial charge in [0.1, 0.15) is 0 Å². The lowest BCUT2D eigenvalue weighted by Crippen LogP contribution is -2.12. The van der Waals surface area contributed by atoms with Gasteiger partial charge in [0.2, 0.25) is 0 Å². The molecule has 0 aromatic carbocycles. The first-order valence-corrected chi connectivity index (χ1v) is 7.93. The minimum absolute atomic E-state index is 0.0529. The van der Waals surface area contributed by atoms with Crippen molar-refractivity contribution in [3.63, 3.8) is 0 Å². The molecule has 1 nitrogen and oxygen atoms in total. The van der Waals surface area contributed by atoms with Crippen LogP contribution in [0.15, 0.2) is 0 Å². The molecule has 0 aliphatic heterocycles. The number of nitrogens with two attached hydrogens (primary N) is 1. The molecule has 0 atom stereocenters. The molecule has 0 saturated heterocycles. The molecule has 0 spiro atoms. The van der Waals surface area contributed by atoms with Gasteiger partial charge < -0.3 is 5.40 Å². The highest BCUT2D eigenvalue weighted by Gasteiger charge is 1.71. The van der Waals surface area contributed by atoms with Crippen LogP contribution in [0.25, 0.3) is 0 Å². The van der Waals surface area contributed by atoms with Crippen molar-refractivity contribution in [1.29, 1.82) is 0 Å². The standard InChI is InChI=1S/C2H11NSi2/c1-2-4-5-3/h2-5H2,1H3. The van der Waals surface area contributed by atoms with Gasteiger partial charge in [-0.05, 0) is 0 Å². The summed E-state index contributed by atoms with van der Waals surface area (Å²) in [5.41, 5.74) is 0. The van der Waals surface area contributed by atoms with Crippen molar-refractivity contribution in [2.45, 2.75) is 13.0 Å². The predicted molar refractivity (Wildman–Crippen MR) is 31.8 cm³/mol. The molecule has 0 radical (unpaired) electrons. The molecule has 0 bridgehead atoms. The van der Waals surface area contributed by atoms with Gasteiger partial charge in [-0.2, -0.15) is 0 Å². The molecule has 0 unspecified atom stereocenters. The molecule has 0 aromatic heterocycles. The summed E-state index contributed by atoms with van der Waals surface area (Å²) in [5.74, 6) is 0. The Labute approximate surface area is 37.5 Å². The first-order chi connectivity index (χ1) is 2.41. The molecule has 0 heterocycles. The van der Waals surface area contributed by atoms with Crippen LogP contribution in [-0.4, -0.2) is 18.2 Å². The van der Waals surface area contributed by atoms with Gasteiger partial charge in [0.25, 0.3) is 0 Å². The summed E-state index contributed by atoms with van der Waals surface area (Å²) in [5, 5.41) is 5.34. The molecule has 5 heavy (non-hydrogen) atoms. The molecule has 0 aliphatic carbocycles. The second-order valence-corrected chi connectivity index (χ2v) is 7.28. The summed E-state index contributed by atoms with van der Waals surface area (Å²) in [4.78, 5) is 0. The van der Waals surface area contributed by atoms with Gasteiger partial charge in [0, 0.05) is 9.04 Å². The fourth-order valence-electron chi connectivity index (χ4n) is 0.204. The van der Waals surface area contributed by atoms with Crippen LogP contribution in [0.5, 0.6) is 0 Å². The zero-order valence-electron chi connectivity index (χ0n) is 3.70. The Morgan fingerprint density at radius 1 is 1.80 bits per heavy atom. The van der Waals surface area contributed by atoms with Gasteiger partial charge in [-0.15, -0.1) is 0 Å². The van der Waals surface area contributed by atoms with Crippen molar-refractivity contribution in [2.24, 2.45) is 5.40 Å². The van der Waals surface area contributed by atoms with E-state index < -0.39 is 0 Å². The van der Waals surface area contributed by atoms with Crippen LogP contribution in [0.2, 0.25) is 6.04 Å². The summed E-state index contributed by atoms with van der Waals surface area (Å²) >= 11 is 0. The molecular weight excluding hydrogens is 94.2 g/mol. The van der Waals surface area contributed by atoms with Crippen molar-refractivity contribution in [2.75, 3.05) is 0 Å². The Bertz CT molecular complexity index is 15.1. The van der Waals surface area contributed by atoms with Crippen molar-refractivity contribution >= 4 is 18.2 Å². The van der Waals surface area contributed by atoms with Gasteiger partial charge in [-0.3, -0.25) is 0 Å². The maximum absolute atomic E-state index is 5.34. The van der Waals surface area contributed by atoms with Gasteiger partial charge in [-0.25, -0.2) is 0 Å². The number of hydrogen-bond donors (Lipinski definition) is 1. The highest BCUT2D eigenvalue weighted by molar-refractivity contribution is 6.98. The molecule has 3 heteroatoms. The minimum Gasteiger partial charge on any atom is -0.358 e. The van der Waals surface area contributed by atoms with E-state index in [1.807, 2.05) is 0 Å². The van der Waals surface area contributed by atoms with Gasteiger partial charge in [0.15, 0.2) is 0 Å². The Morgan fingerprint density at radius 3 is 2.40 bits per heavy atom. The van der Waals surface area contributed by atoms with Crippen molar-refractivity contribution in [1.82, 2.24) is 0 Å². The third kappa shape index (κ3) is 4.39. The maximum atomic E-state index is 5.34. The topological polar surface area (TPSA) is 26.0 Å². The fourth-order valence-corrected chi connectivity index (χ4v) is 1.84. The lowest BCUT2D eigenvalue weighted by Gasteiger charge is -1.76. The van der Waals surface area contributed by atoms with E-state index in [0.717, 1.165) is 0 Å². The van der Waals surface area contributed by atoms with Crippen LogP contribution in [0, 0.1) is 0 Å². The average molecular weight is 105 g/mol. The van der Waals surface area contributed by atoms with Gasteiger partial charge >= 0.3 is 0 Å². The average Bonchev–Trinajstić information content (AvgIpc) is 1.41. The first kappa shape index (κ1) is 5.39. The number of rotatable bonds is 2. The Morgan fingerprint density at radius 2 is 2.40 bits per heavy atom. The lowest BCUT2D eigenvalue weighted by molar-refractivity contribution is 1.47. The van der Waals surface area contributed by atoms with E-state index in [1.165, 1.54) is 6.04 Å². The van der Waals surface area contributed by atoms with E-state index >= 15 is 0 Å². The van der Waals surface area contributed by atoms with E-state index in [9.17, 15) is 0 Å². The van der Waals surface area contributed by atoms with Crippen LogP contribution in [0.3, 0.4) is 0 Å². The highest BCUT2D eigenvalue weighted by Crippen LogP contribution is 1.62. The van der Waals surface area contributed by atoms with Gasteiger partial charge in [-0.1, -0.05) is 13.0 Å². The summed E-state index contributed by atoms with van der Waals surface area (Å²) in [6.07, 6.45) is 0. The Hall–Kier alpha value is 0.394. The highest BCUT2D eigenvalue weighted by atomic mass is 29.1. The van der Waals surface area contributed by atoms with E-state index in [1.54, 1.807) is 0 Å². The molecule has 2 N–H and O–H groups in total. The lowest BCUT2D eigenvalue weighted by atomic mass is 11.0. The zero-order chi connectivity index (χ0) is 4.12. The van der Waals surface area contributed by atoms with Crippen LogP contribution in [-0.2, 0) is 0 Å².